The summed E-state index contributed by atoms with van der Waals surface area (Å²) < 4.78 is 21.4. The molecule has 31 heavy (non-hydrogen) atoms. The molecule has 1 aromatic heterocycles. The van der Waals surface area contributed by atoms with Crippen LogP contribution in [0.3, 0.4) is 0 Å². The number of anilines is 1. The van der Waals surface area contributed by atoms with Crippen LogP contribution in [-0.4, -0.2) is 37.4 Å². The lowest BCUT2D eigenvalue weighted by atomic mass is 10.1. The number of carbonyl (C=O) groups excluding carboxylic acids is 1. The zero-order valence-corrected chi connectivity index (χ0v) is 18.0. The van der Waals surface area contributed by atoms with Crippen LogP contribution in [0.25, 0.3) is 6.08 Å². The Kier molecular flexibility index (Phi) is 7.26. The lowest BCUT2D eigenvalue weighted by Gasteiger charge is -2.12. The molecule has 3 aromatic rings. The zero-order chi connectivity index (χ0) is 22.2. The van der Waals surface area contributed by atoms with Crippen molar-refractivity contribution < 1.29 is 23.4 Å². The second kappa shape index (κ2) is 10.3. The number of hydrogen-bond acceptors (Lipinski definition) is 7. The summed E-state index contributed by atoms with van der Waals surface area (Å²) >= 11 is 0. The highest BCUT2D eigenvalue weighted by atomic mass is 16.5. The van der Waals surface area contributed by atoms with E-state index in [1.54, 1.807) is 18.2 Å². The van der Waals surface area contributed by atoms with Gasteiger partial charge in [-0.05, 0) is 41.3 Å². The van der Waals surface area contributed by atoms with E-state index in [1.165, 1.54) is 33.0 Å². The Morgan fingerprint density at radius 2 is 1.65 bits per heavy atom. The first kappa shape index (κ1) is 21.9. The molecular formula is C23H25N3O5. The van der Waals surface area contributed by atoms with Crippen molar-refractivity contribution in [3.63, 3.8) is 0 Å². The summed E-state index contributed by atoms with van der Waals surface area (Å²) in [7, 11) is 4.59. The summed E-state index contributed by atoms with van der Waals surface area (Å²) in [6.07, 6.45) is 4.45. The third kappa shape index (κ3) is 5.63. The fraction of sp³-hybridized carbons (Fsp3) is 0.261. The Labute approximate surface area is 180 Å². The van der Waals surface area contributed by atoms with E-state index in [2.05, 4.69) is 34.6 Å². The second-order valence-electron chi connectivity index (χ2n) is 6.63. The molecule has 3 rings (SSSR count). The molecule has 8 heteroatoms. The SMILES string of the molecule is CCc1ccc(Cc2nnc(NC(=O)/C=C/c3cc(OC)c(OC)c(OC)c3)o2)cc1. The number of ether oxygens (including phenoxy) is 3. The van der Waals surface area contributed by atoms with Crippen LogP contribution in [0.2, 0.25) is 0 Å². The Balaban J connectivity index is 1.64. The van der Waals surface area contributed by atoms with Gasteiger partial charge in [0.15, 0.2) is 11.5 Å². The molecule has 8 nitrogen and oxygen atoms in total. The van der Waals surface area contributed by atoms with E-state index in [4.69, 9.17) is 18.6 Å². The minimum absolute atomic E-state index is 0.0414. The lowest BCUT2D eigenvalue weighted by molar-refractivity contribution is -0.112. The van der Waals surface area contributed by atoms with Crippen molar-refractivity contribution in [1.29, 1.82) is 0 Å². The van der Waals surface area contributed by atoms with Crippen LogP contribution in [0.15, 0.2) is 46.9 Å². The van der Waals surface area contributed by atoms with E-state index in [-0.39, 0.29) is 6.01 Å². The standard InChI is InChI=1S/C23H25N3O5/c1-5-15-6-8-16(9-7-15)14-21-25-26-23(31-21)24-20(27)11-10-17-12-18(28-2)22(30-4)19(13-17)29-3/h6-13H,5,14H2,1-4H3,(H,24,26,27)/b11-10+. The molecule has 0 atom stereocenters. The molecule has 0 aliphatic rings. The van der Waals surface area contributed by atoms with Crippen molar-refractivity contribution in [3.05, 3.63) is 65.1 Å². The van der Waals surface area contributed by atoms with Crippen molar-refractivity contribution in [2.75, 3.05) is 26.6 Å². The first-order valence-corrected chi connectivity index (χ1v) is 9.75. The third-order valence-electron chi connectivity index (χ3n) is 4.60. The summed E-state index contributed by atoms with van der Waals surface area (Å²) in [5.74, 6) is 1.49. The molecule has 0 radical (unpaired) electrons. The number of rotatable bonds is 9. The van der Waals surface area contributed by atoms with Gasteiger partial charge in [-0.3, -0.25) is 10.1 Å². The number of aryl methyl sites for hydroxylation is 1. The van der Waals surface area contributed by atoms with E-state index < -0.39 is 5.91 Å². The predicted octanol–water partition coefficient (Wildman–Crippen LogP) is 3.90. The maximum Gasteiger partial charge on any atom is 0.322 e. The fourth-order valence-corrected chi connectivity index (χ4v) is 2.96. The highest BCUT2D eigenvalue weighted by molar-refractivity contribution is 6.00. The highest BCUT2D eigenvalue weighted by Crippen LogP contribution is 2.38. The van der Waals surface area contributed by atoms with E-state index >= 15 is 0 Å². The first-order valence-electron chi connectivity index (χ1n) is 9.75. The average molecular weight is 423 g/mol. The minimum atomic E-state index is -0.406. The Hall–Kier alpha value is -3.81. The molecule has 0 bridgehead atoms. The van der Waals surface area contributed by atoms with Crippen LogP contribution in [-0.2, 0) is 17.6 Å². The molecular weight excluding hydrogens is 398 g/mol. The van der Waals surface area contributed by atoms with Crippen molar-refractivity contribution in [1.82, 2.24) is 10.2 Å². The second-order valence-corrected chi connectivity index (χ2v) is 6.63. The van der Waals surface area contributed by atoms with Crippen LogP contribution in [0.5, 0.6) is 17.2 Å². The average Bonchev–Trinajstić information content (AvgIpc) is 3.23. The highest BCUT2D eigenvalue weighted by Gasteiger charge is 2.13. The molecule has 0 spiro atoms. The Bertz CT molecular complexity index is 1030. The molecule has 1 heterocycles. The van der Waals surface area contributed by atoms with Gasteiger partial charge in [-0.15, -0.1) is 5.10 Å². The first-order chi connectivity index (χ1) is 15.1. The van der Waals surface area contributed by atoms with E-state index in [1.807, 2.05) is 12.1 Å². The summed E-state index contributed by atoms with van der Waals surface area (Å²) in [6, 6.07) is 11.7. The Morgan fingerprint density at radius 1 is 1.00 bits per heavy atom. The molecule has 0 aliphatic heterocycles. The summed E-state index contributed by atoms with van der Waals surface area (Å²) in [5.41, 5.74) is 3.02. The number of benzene rings is 2. The molecule has 162 valence electrons. The van der Waals surface area contributed by atoms with Crippen molar-refractivity contribution in [2.24, 2.45) is 0 Å². The van der Waals surface area contributed by atoms with Crippen molar-refractivity contribution in [3.8, 4) is 17.2 Å². The summed E-state index contributed by atoms with van der Waals surface area (Å²) in [4.78, 5) is 12.2. The fourth-order valence-electron chi connectivity index (χ4n) is 2.96. The van der Waals surface area contributed by atoms with Crippen LogP contribution in [0.4, 0.5) is 6.01 Å². The zero-order valence-electron chi connectivity index (χ0n) is 18.0. The van der Waals surface area contributed by atoms with Gasteiger partial charge in [0.1, 0.15) is 0 Å². The van der Waals surface area contributed by atoms with Crippen LogP contribution in [0, 0.1) is 0 Å². The maximum atomic E-state index is 12.2. The smallest absolute Gasteiger partial charge is 0.322 e. The maximum absolute atomic E-state index is 12.2. The van der Waals surface area contributed by atoms with Crippen molar-refractivity contribution >= 4 is 18.0 Å². The molecule has 0 fully saturated rings. The molecule has 2 aromatic carbocycles. The molecule has 1 N–H and O–H groups in total. The minimum Gasteiger partial charge on any atom is -0.493 e. The number of methoxy groups -OCH3 is 3. The van der Waals surface area contributed by atoms with Gasteiger partial charge >= 0.3 is 6.01 Å². The van der Waals surface area contributed by atoms with Gasteiger partial charge in [0, 0.05) is 6.08 Å². The topological polar surface area (TPSA) is 95.7 Å². The monoisotopic (exact) mass is 423 g/mol. The van der Waals surface area contributed by atoms with E-state index in [9.17, 15) is 4.79 Å². The van der Waals surface area contributed by atoms with Gasteiger partial charge in [0.25, 0.3) is 5.91 Å². The summed E-state index contributed by atoms with van der Waals surface area (Å²) in [6.45, 7) is 2.11. The van der Waals surface area contributed by atoms with Crippen LogP contribution in [0.1, 0.15) is 29.5 Å². The Morgan fingerprint density at radius 3 is 2.23 bits per heavy atom. The van der Waals surface area contributed by atoms with Gasteiger partial charge in [-0.2, -0.15) is 0 Å². The molecule has 0 unspecified atom stereocenters. The van der Waals surface area contributed by atoms with Crippen molar-refractivity contribution in [2.45, 2.75) is 19.8 Å². The predicted molar refractivity (Wildman–Crippen MR) is 117 cm³/mol. The number of carbonyl (C=O) groups is 1. The quantitative estimate of drug-likeness (QED) is 0.522. The van der Waals surface area contributed by atoms with Gasteiger partial charge < -0.3 is 18.6 Å². The lowest BCUT2D eigenvalue weighted by Crippen LogP contribution is -2.07. The molecule has 0 aliphatic carbocycles. The number of nitrogens with zero attached hydrogens (tertiary/aromatic N) is 2. The normalized spacial score (nSPS) is 10.8. The van der Waals surface area contributed by atoms with Gasteiger partial charge in [0.2, 0.25) is 11.6 Å². The van der Waals surface area contributed by atoms with Crippen LogP contribution >= 0.6 is 0 Å². The van der Waals surface area contributed by atoms with E-state index in [0.29, 0.717) is 35.1 Å². The molecule has 0 saturated heterocycles. The summed E-state index contributed by atoms with van der Waals surface area (Å²) in [5, 5.41) is 10.4. The largest absolute Gasteiger partial charge is 0.493 e. The number of aromatic nitrogens is 2. The third-order valence-corrected chi connectivity index (χ3v) is 4.60. The molecule has 0 saturated carbocycles. The van der Waals surface area contributed by atoms with Crippen LogP contribution < -0.4 is 19.5 Å². The van der Waals surface area contributed by atoms with Gasteiger partial charge in [0.05, 0.1) is 27.8 Å². The number of nitrogens with one attached hydrogen (secondary N) is 1. The number of hydrogen-bond donors (Lipinski definition) is 1. The van der Waals surface area contributed by atoms with Gasteiger partial charge in [-0.1, -0.05) is 36.3 Å². The van der Waals surface area contributed by atoms with Gasteiger partial charge in [-0.25, -0.2) is 0 Å². The molecule has 1 amide bonds. The van der Waals surface area contributed by atoms with E-state index in [0.717, 1.165) is 12.0 Å². The number of amides is 1.